The van der Waals surface area contributed by atoms with Gasteiger partial charge in [0.25, 0.3) is 0 Å². The lowest BCUT2D eigenvalue weighted by atomic mass is 10.2. The van der Waals surface area contributed by atoms with Crippen molar-refractivity contribution in [2.24, 2.45) is 5.73 Å². The van der Waals surface area contributed by atoms with Gasteiger partial charge >= 0.3 is 0 Å². The van der Waals surface area contributed by atoms with Crippen molar-refractivity contribution in [3.63, 3.8) is 0 Å². The largest absolute Gasteiger partial charge is 0.330 e. The molecule has 0 spiro atoms. The van der Waals surface area contributed by atoms with Crippen LogP contribution in [0.3, 0.4) is 0 Å². The lowest BCUT2D eigenvalue weighted by Crippen LogP contribution is -2.27. The van der Waals surface area contributed by atoms with Gasteiger partial charge in [0.1, 0.15) is 0 Å². The van der Waals surface area contributed by atoms with Crippen LogP contribution in [-0.4, -0.2) is 12.6 Å². The predicted octanol–water partition coefficient (Wildman–Crippen LogP) is 3.10. The SMILES string of the molecule is CC(CCN)NCc1cc(Br)c(Br)s1. The summed E-state index contributed by atoms with van der Waals surface area (Å²) in [5, 5.41) is 3.43. The summed E-state index contributed by atoms with van der Waals surface area (Å²) in [6.45, 7) is 3.81. The number of hydrogen-bond donors (Lipinski definition) is 2. The zero-order valence-corrected chi connectivity index (χ0v) is 12.0. The zero-order valence-electron chi connectivity index (χ0n) is 8.02. The van der Waals surface area contributed by atoms with E-state index in [1.807, 2.05) is 0 Å². The molecule has 0 aliphatic carbocycles. The summed E-state index contributed by atoms with van der Waals surface area (Å²) in [4.78, 5) is 1.33. The monoisotopic (exact) mass is 340 g/mol. The van der Waals surface area contributed by atoms with Gasteiger partial charge in [0.15, 0.2) is 0 Å². The second-order valence-electron chi connectivity index (χ2n) is 3.19. The summed E-state index contributed by atoms with van der Waals surface area (Å²) in [6, 6.07) is 2.62. The molecule has 5 heteroatoms. The lowest BCUT2D eigenvalue weighted by molar-refractivity contribution is 0.522. The van der Waals surface area contributed by atoms with E-state index >= 15 is 0 Å². The normalized spacial score (nSPS) is 13.1. The Morgan fingerprint density at radius 1 is 1.57 bits per heavy atom. The molecule has 0 aliphatic rings. The molecule has 0 bridgehead atoms. The number of nitrogens with one attached hydrogen (secondary N) is 1. The standard InChI is InChI=1S/C9H14Br2N2S/c1-6(2-3-12)13-5-7-4-8(10)9(11)14-7/h4,6,13H,2-3,5,12H2,1H3. The molecule has 0 aromatic carbocycles. The van der Waals surface area contributed by atoms with Crippen LogP contribution in [0.4, 0.5) is 0 Å². The summed E-state index contributed by atoms with van der Waals surface area (Å²) in [6.07, 6.45) is 1.02. The minimum absolute atomic E-state index is 0.486. The van der Waals surface area contributed by atoms with Crippen molar-refractivity contribution in [2.75, 3.05) is 6.54 Å². The average molecular weight is 342 g/mol. The van der Waals surface area contributed by atoms with Crippen molar-refractivity contribution in [3.05, 3.63) is 19.2 Å². The minimum atomic E-state index is 0.486. The molecule has 3 N–H and O–H groups in total. The molecule has 0 fully saturated rings. The fourth-order valence-corrected chi connectivity index (χ4v) is 3.23. The Labute approximate surface area is 106 Å². The first kappa shape index (κ1) is 12.6. The maximum absolute atomic E-state index is 5.47. The second-order valence-corrected chi connectivity index (χ2v) is 6.50. The maximum Gasteiger partial charge on any atom is 0.0843 e. The highest BCUT2D eigenvalue weighted by atomic mass is 79.9. The quantitative estimate of drug-likeness (QED) is 0.863. The van der Waals surface area contributed by atoms with Crippen LogP contribution in [0.2, 0.25) is 0 Å². The number of rotatable bonds is 5. The number of thiophene rings is 1. The lowest BCUT2D eigenvalue weighted by Gasteiger charge is -2.10. The van der Waals surface area contributed by atoms with E-state index in [9.17, 15) is 0 Å². The van der Waals surface area contributed by atoms with Crippen LogP contribution < -0.4 is 11.1 Å². The molecule has 0 saturated heterocycles. The Hall–Kier alpha value is 0.580. The second kappa shape index (κ2) is 6.23. The molecule has 0 amide bonds. The van der Waals surface area contributed by atoms with Gasteiger partial charge in [-0.15, -0.1) is 11.3 Å². The molecule has 1 aromatic heterocycles. The van der Waals surface area contributed by atoms with E-state index in [0.717, 1.165) is 27.8 Å². The van der Waals surface area contributed by atoms with Crippen LogP contribution >= 0.6 is 43.2 Å². The van der Waals surface area contributed by atoms with Gasteiger partial charge in [0.05, 0.1) is 3.79 Å². The van der Waals surface area contributed by atoms with Crippen molar-refractivity contribution in [3.8, 4) is 0 Å². The smallest absolute Gasteiger partial charge is 0.0843 e. The Morgan fingerprint density at radius 3 is 2.79 bits per heavy atom. The Kier molecular flexibility index (Phi) is 5.62. The molecule has 0 radical (unpaired) electrons. The third-order valence-corrected chi connectivity index (χ3v) is 5.18. The molecular formula is C9H14Br2N2S. The van der Waals surface area contributed by atoms with Gasteiger partial charge < -0.3 is 11.1 Å². The van der Waals surface area contributed by atoms with Gasteiger partial charge in [-0.2, -0.15) is 0 Å². The summed E-state index contributed by atoms with van der Waals surface area (Å²) < 4.78 is 2.28. The highest BCUT2D eigenvalue weighted by Crippen LogP contribution is 2.32. The molecule has 2 nitrogen and oxygen atoms in total. The fraction of sp³-hybridized carbons (Fsp3) is 0.556. The highest BCUT2D eigenvalue weighted by Gasteiger charge is 2.05. The topological polar surface area (TPSA) is 38.0 Å². The van der Waals surface area contributed by atoms with Crippen molar-refractivity contribution < 1.29 is 0 Å². The van der Waals surface area contributed by atoms with Crippen LogP contribution in [0.5, 0.6) is 0 Å². The minimum Gasteiger partial charge on any atom is -0.330 e. The Morgan fingerprint density at radius 2 is 2.29 bits per heavy atom. The summed E-state index contributed by atoms with van der Waals surface area (Å²) >= 11 is 8.70. The summed E-state index contributed by atoms with van der Waals surface area (Å²) in [7, 11) is 0. The predicted molar refractivity (Wildman–Crippen MR) is 69.7 cm³/mol. The zero-order chi connectivity index (χ0) is 10.6. The number of hydrogen-bond acceptors (Lipinski definition) is 3. The van der Waals surface area contributed by atoms with Gasteiger partial charge in [-0.25, -0.2) is 0 Å². The van der Waals surface area contributed by atoms with Crippen LogP contribution in [0.15, 0.2) is 14.3 Å². The third kappa shape index (κ3) is 3.98. The molecule has 0 aliphatic heterocycles. The molecule has 1 atom stereocenters. The van der Waals surface area contributed by atoms with Gasteiger partial charge in [0.2, 0.25) is 0 Å². The first-order valence-electron chi connectivity index (χ1n) is 4.50. The van der Waals surface area contributed by atoms with E-state index in [1.54, 1.807) is 11.3 Å². The van der Waals surface area contributed by atoms with Crippen molar-refractivity contribution in [2.45, 2.75) is 25.9 Å². The first-order chi connectivity index (χ1) is 6.63. The van der Waals surface area contributed by atoms with Gasteiger partial charge in [0, 0.05) is 21.9 Å². The molecule has 1 aromatic rings. The molecule has 80 valence electrons. The van der Waals surface area contributed by atoms with Crippen molar-refractivity contribution >= 4 is 43.2 Å². The van der Waals surface area contributed by atoms with Gasteiger partial charge in [-0.05, 0) is 57.8 Å². The van der Waals surface area contributed by atoms with E-state index < -0.39 is 0 Å². The van der Waals surface area contributed by atoms with E-state index in [2.05, 4.69) is 50.2 Å². The van der Waals surface area contributed by atoms with E-state index in [-0.39, 0.29) is 0 Å². The molecule has 1 heterocycles. The molecule has 0 saturated carbocycles. The summed E-state index contributed by atoms with van der Waals surface area (Å²) in [5.74, 6) is 0. The van der Waals surface area contributed by atoms with Crippen LogP contribution in [0, 0.1) is 0 Å². The number of halogens is 2. The van der Waals surface area contributed by atoms with E-state index in [4.69, 9.17) is 5.73 Å². The summed E-state index contributed by atoms with van der Waals surface area (Å²) in [5.41, 5.74) is 5.47. The van der Waals surface area contributed by atoms with Crippen LogP contribution in [0.1, 0.15) is 18.2 Å². The molecular weight excluding hydrogens is 328 g/mol. The fourth-order valence-electron chi connectivity index (χ4n) is 1.11. The molecule has 1 rings (SSSR count). The van der Waals surface area contributed by atoms with Crippen molar-refractivity contribution in [1.29, 1.82) is 0 Å². The maximum atomic E-state index is 5.47. The average Bonchev–Trinajstić information content (AvgIpc) is 2.44. The van der Waals surface area contributed by atoms with Gasteiger partial charge in [-0.1, -0.05) is 0 Å². The number of nitrogens with two attached hydrogens (primary N) is 1. The molecule has 14 heavy (non-hydrogen) atoms. The highest BCUT2D eigenvalue weighted by molar-refractivity contribution is 9.13. The third-order valence-electron chi connectivity index (χ3n) is 1.92. The van der Waals surface area contributed by atoms with E-state index in [0.29, 0.717) is 6.04 Å². The van der Waals surface area contributed by atoms with Crippen LogP contribution in [-0.2, 0) is 6.54 Å². The Bertz CT molecular complexity index is 269. The van der Waals surface area contributed by atoms with Crippen molar-refractivity contribution in [1.82, 2.24) is 5.32 Å². The van der Waals surface area contributed by atoms with Crippen LogP contribution in [0.25, 0.3) is 0 Å². The first-order valence-corrected chi connectivity index (χ1v) is 6.91. The molecule has 1 unspecified atom stereocenters. The van der Waals surface area contributed by atoms with E-state index in [1.165, 1.54) is 4.88 Å². The Balaban J connectivity index is 2.38. The van der Waals surface area contributed by atoms with Gasteiger partial charge in [-0.3, -0.25) is 0 Å².